The van der Waals surface area contributed by atoms with Gasteiger partial charge in [0.25, 0.3) is 0 Å². The first-order chi connectivity index (χ1) is 12.2. The standard InChI is InChI=1S/C19H28N6/c1-4-15-8-10-16(11-9-15)14-24(3)19(20-5-2)21-13-18-23-22-17-7-6-12-25(17)18/h8-11H,4-7,12-14H2,1-3H3,(H,20,21). The zero-order chi connectivity index (χ0) is 17.6. The minimum Gasteiger partial charge on any atom is -0.357 e. The lowest BCUT2D eigenvalue weighted by Gasteiger charge is -2.22. The van der Waals surface area contributed by atoms with Gasteiger partial charge in [0.1, 0.15) is 12.4 Å². The molecule has 2 heterocycles. The molecule has 0 unspecified atom stereocenters. The van der Waals surface area contributed by atoms with Gasteiger partial charge >= 0.3 is 0 Å². The maximum absolute atomic E-state index is 4.77. The second kappa shape index (κ2) is 8.14. The van der Waals surface area contributed by atoms with Crippen LogP contribution in [0.5, 0.6) is 0 Å². The maximum Gasteiger partial charge on any atom is 0.194 e. The summed E-state index contributed by atoms with van der Waals surface area (Å²) in [4.78, 5) is 6.93. The fourth-order valence-corrected chi connectivity index (χ4v) is 3.17. The highest BCUT2D eigenvalue weighted by Gasteiger charge is 2.17. The molecule has 1 aliphatic heterocycles. The molecule has 6 heteroatoms. The van der Waals surface area contributed by atoms with E-state index in [2.05, 4.69) is 70.1 Å². The van der Waals surface area contributed by atoms with Crippen molar-refractivity contribution in [3.05, 3.63) is 47.0 Å². The molecule has 2 aromatic rings. The second-order valence-corrected chi connectivity index (χ2v) is 6.48. The van der Waals surface area contributed by atoms with Crippen LogP contribution >= 0.6 is 0 Å². The molecule has 134 valence electrons. The van der Waals surface area contributed by atoms with Gasteiger partial charge in [0.15, 0.2) is 11.8 Å². The largest absolute Gasteiger partial charge is 0.357 e. The highest BCUT2D eigenvalue weighted by atomic mass is 15.3. The van der Waals surface area contributed by atoms with E-state index >= 15 is 0 Å². The third-order valence-corrected chi connectivity index (χ3v) is 4.60. The summed E-state index contributed by atoms with van der Waals surface area (Å²) in [6.45, 7) is 7.52. The summed E-state index contributed by atoms with van der Waals surface area (Å²) in [6, 6.07) is 8.80. The first-order valence-corrected chi connectivity index (χ1v) is 9.19. The van der Waals surface area contributed by atoms with Crippen molar-refractivity contribution < 1.29 is 0 Å². The summed E-state index contributed by atoms with van der Waals surface area (Å²) in [6.07, 6.45) is 3.27. The van der Waals surface area contributed by atoms with Gasteiger partial charge in [-0.1, -0.05) is 31.2 Å². The van der Waals surface area contributed by atoms with E-state index in [1.54, 1.807) is 0 Å². The smallest absolute Gasteiger partial charge is 0.194 e. The Labute approximate surface area is 150 Å². The zero-order valence-electron chi connectivity index (χ0n) is 15.5. The van der Waals surface area contributed by atoms with Crippen LogP contribution in [0.25, 0.3) is 0 Å². The number of aromatic nitrogens is 3. The summed E-state index contributed by atoms with van der Waals surface area (Å²) < 4.78 is 2.20. The lowest BCUT2D eigenvalue weighted by molar-refractivity contribution is 0.476. The molecule has 0 saturated carbocycles. The van der Waals surface area contributed by atoms with Crippen molar-refractivity contribution in [3.63, 3.8) is 0 Å². The molecular weight excluding hydrogens is 312 g/mol. The van der Waals surface area contributed by atoms with E-state index in [0.717, 1.165) is 56.5 Å². The molecule has 6 nitrogen and oxygen atoms in total. The number of benzene rings is 1. The number of aliphatic imine (C=N–C) groups is 1. The summed E-state index contributed by atoms with van der Waals surface area (Å²) in [7, 11) is 2.07. The number of aryl methyl sites for hydroxylation is 2. The molecule has 1 N–H and O–H groups in total. The molecule has 3 rings (SSSR count). The lowest BCUT2D eigenvalue weighted by Crippen LogP contribution is -2.38. The number of guanidine groups is 1. The molecule has 0 radical (unpaired) electrons. The summed E-state index contributed by atoms with van der Waals surface area (Å²) in [5.41, 5.74) is 2.65. The van der Waals surface area contributed by atoms with Crippen molar-refractivity contribution in [3.8, 4) is 0 Å². The van der Waals surface area contributed by atoms with Gasteiger partial charge in [-0.25, -0.2) is 4.99 Å². The van der Waals surface area contributed by atoms with Crippen molar-refractivity contribution in [2.75, 3.05) is 13.6 Å². The Kier molecular flexibility index (Phi) is 5.68. The van der Waals surface area contributed by atoms with Gasteiger partial charge in [0.05, 0.1) is 0 Å². The van der Waals surface area contributed by atoms with Crippen LogP contribution in [0.15, 0.2) is 29.3 Å². The topological polar surface area (TPSA) is 58.3 Å². The number of hydrogen-bond acceptors (Lipinski definition) is 3. The molecule has 1 aromatic carbocycles. The average Bonchev–Trinajstić information content (AvgIpc) is 3.23. The molecule has 1 aromatic heterocycles. The van der Waals surface area contributed by atoms with Gasteiger partial charge in [-0.2, -0.15) is 0 Å². The average molecular weight is 340 g/mol. The Morgan fingerprint density at radius 1 is 1.20 bits per heavy atom. The number of rotatable bonds is 6. The molecule has 1 aliphatic rings. The van der Waals surface area contributed by atoms with Crippen molar-refractivity contribution in [2.45, 2.75) is 52.7 Å². The van der Waals surface area contributed by atoms with Crippen LogP contribution in [0.2, 0.25) is 0 Å². The Hall–Kier alpha value is -2.37. The summed E-state index contributed by atoms with van der Waals surface area (Å²) >= 11 is 0. The van der Waals surface area contributed by atoms with Crippen molar-refractivity contribution >= 4 is 5.96 Å². The van der Waals surface area contributed by atoms with E-state index in [0.29, 0.717) is 6.54 Å². The van der Waals surface area contributed by atoms with E-state index in [1.165, 1.54) is 11.1 Å². The summed E-state index contributed by atoms with van der Waals surface area (Å²) in [5, 5.41) is 11.9. The molecule has 0 spiro atoms. The lowest BCUT2D eigenvalue weighted by atomic mass is 10.1. The predicted octanol–water partition coefficient (Wildman–Crippen LogP) is 2.38. The molecule has 0 fully saturated rings. The number of hydrogen-bond donors (Lipinski definition) is 1. The predicted molar refractivity (Wildman–Crippen MR) is 100 cm³/mol. The third kappa shape index (κ3) is 4.18. The minimum absolute atomic E-state index is 0.564. The van der Waals surface area contributed by atoms with Gasteiger partial charge in [-0.05, 0) is 30.9 Å². The molecule has 0 aliphatic carbocycles. The number of nitrogens with zero attached hydrogens (tertiary/aromatic N) is 5. The van der Waals surface area contributed by atoms with E-state index < -0.39 is 0 Å². The van der Waals surface area contributed by atoms with E-state index in [-0.39, 0.29) is 0 Å². The highest BCUT2D eigenvalue weighted by molar-refractivity contribution is 5.79. The van der Waals surface area contributed by atoms with Gasteiger partial charge in [-0.3, -0.25) is 0 Å². The fourth-order valence-electron chi connectivity index (χ4n) is 3.17. The van der Waals surface area contributed by atoms with Crippen LogP contribution in [-0.2, 0) is 32.5 Å². The Bertz CT molecular complexity index is 716. The number of fused-ring (bicyclic) bond motifs is 1. The normalized spacial score (nSPS) is 13.8. The monoisotopic (exact) mass is 340 g/mol. The molecular formula is C19H28N6. The van der Waals surface area contributed by atoms with E-state index in [4.69, 9.17) is 4.99 Å². The Morgan fingerprint density at radius 3 is 2.68 bits per heavy atom. The fraction of sp³-hybridized carbons (Fsp3) is 0.526. The van der Waals surface area contributed by atoms with Gasteiger partial charge in [-0.15, -0.1) is 10.2 Å². The summed E-state index contributed by atoms with van der Waals surface area (Å²) in [5.74, 6) is 2.96. The first kappa shape index (κ1) is 17.5. The number of nitrogens with one attached hydrogen (secondary N) is 1. The van der Waals surface area contributed by atoms with Gasteiger partial charge in [0, 0.05) is 33.1 Å². The van der Waals surface area contributed by atoms with Gasteiger partial charge in [0.2, 0.25) is 0 Å². The van der Waals surface area contributed by atoms with E-state index in [9.17, 15) is 0 Å². The second-order valence-electron chi connectivity index (χ2n) is 6.48. The van der Waals surface area contributed by atoms with Crippen molar-refractivity contribution in [2.24, 2.45) is 4.99 Å². The minimum atomic E-state index is 0.564. The van der Waals surface area contributed by atoms with Crippen LogP contribution in [0.3, 0.4) is 0 Å². The van der Waals surface area contributed by atoms with Crippen LogP contribution < -0.4 is 5.32 Å². The zero-order valence-corrected chi connectivity index (χ0v) is 15.5. The molecule has 0 bridgehead atoms. The van der Waals surface area contributed by atoms with E-state index in [1.807, 2.05) is 0 Å². The molecule has 25 heavy (non-hydrogen) atoms. The quantitative estimate of drug-likeness (QED) is 0.648. The van der Waals surface area contributed by atoms with Crippen LogP contribution in [-0.4, -0.2) is 39.2 Å². The Morgan fingerprint density at radius 2 is 1.96 bits per heavy atom. The third-order valence-electron chi connectivity index (χ3n) is 4.60. The van der Waals surface area contributed by atoms with Crippen molar-refractivity contribution in [1.29, 1.82) is 0 Å². The van der Waals surface area contributed by atoms with Crippen LogP contribution in [0, 0.1) is 0 Å². The first-order valence-electron chi connectivity index (χ1n) is 9.19. The van der Waals surface area contributed by atoms with Gasteiger partial charge < -0.3 is 14.8 Å². The highest BCUT2D eigenvalue weighted by Crippen LogP contribution is 2.14. The van der Waals surface area contributed by atoms with Crippen LogP contribution in [0.4, 0.5) is 0 Å². The maximum atomic E-state index is 4.77. The van der Waals surface area contributed by atoms with Crippen LogP contribution in [0.1, 0.15) is 43.0 Å². The Balaban J connectivity index is 1.67. The molecule has 0 saturated heterocycles. The SMILES string of the molecule is CCNC(=NCc1nnc2n1CCC2)N(C)Cc1ccc(CC)cc1. The molecule has 0 amide bonds. The van der Waals surface area contributed by atoms with Crippen molar-refractivity contribution in [1.82, 2.24) is 25.0 Å². The molecule has 0 atom stereocenters.